The van der Waals surface area contributed by atoms with Crippen LogP contribution in [0.1, 0.15) is 45.8 Å². The zero-order chi connectivity index (χ0) is 13.8. The molecule has 3 N–H and O–H groups in total. The standard InChI is InChI=1S/C12H23N5O/c1-5-9-14-10(6-2)17(15-9)8-7-12(3,4)11(13)16-18/h18H,5-8H2,1-4H3,(H2,13,16). The van der Waals surface area contributed by atoms with E-state index < -0.39 is 0 Å². The summed E-state index contributed by atoms with van der Waals surface area (Å²) >= 11 is 0. The Hall–Kier alpha value is -1.59. The summed E-state index contributed by atoms with van der Waals surface area (Å²) in [6, 6.07) is 0. The number of nitrogens with two attached hydrogens (primary N) is 1. The fraction of sp³-hybridized carbons (Fsp3) is 0.750. The van der Waals surface area contributed by atoms with Crippen molar-refractivity contribution in [3.05, 3.63) is 11.6 Å². The van der Waals surface area contributed by atoms with E-state index in [1.54, 1.807) is 0 Å². The lowest BCUT2D eigenvalue weighted by atomic mass is 9.88. The van der Waals surface area contributed by atoms with Crippen LogP contribution in [0.4, 0.5) is 0 Å². The lowest BCUT2D eigenvalue weighted by molar-refractivity contribution is 0.302. The molecule has 0 amide bonds. The van der Waals surface area contributed by atoms with Gasteiger partial charge in [-0.1, -0.05) is 32.9 Å². The molecule has 0 bridgehead atoms. The number of oxime groups is 1. The Kier molecular flexibility index (Phi) is 4.69. The van der Waals surface area contributed by atoms with Crippen molar-refractivity contribution in [3.63, 3.8) is 0 Å². The van der Waals surface area contributed by atoms with Gasteiger partial charge in [-0.05, 0) is 6.42 Å². The van der Waals surface area contributed by atoms with Crippen LogP contribution in [-0.4, -0.2) is 25.8 Å². The zero-order valence-corrected chi connectivity index (χ0v) is 11.6. The summed E-state index contributed by atoms with van der Waals surface area (Å²) in [6.45, 7) is 8.73. The Balaban J connectivity index is 2.77. The van der Waals surface area contributed by atoms with Crippen molar-refractivity contribution in [2.75, 3.05) is 0 Å². The molecule has 0 unspecified atom stereocenters. The molecule has 0 aliphatic rings. The lowest BCUT2D eigenvalue weighted by Crippen LogP contribution is -2.33. The fourth-order valence-corrected chi connectivity index (χ4v) is 1.67. The van der Waals surface area contributed by atoms with E-state index in [0.29, 0.717) is 0 Å². The summed E-state index contributed by atoms with van der Waals surface area (Å²) in [5.74, 6) is 2.10. The van der Waals surface area contributed by atoms with Crippen LogP contribution in [0.25, 0.3) is 0 Å². The predicted octanol–water partition coefficient (Wildman–Crippen LogP) is 1.57. The van der Waals surface area contributed by atoms with E-state index in [2.05, 4.69) is 22.2 Å². The molecular weight excluding hydrogens is 230 g/mol. The second-order valence-electron chi connectivity index (χ2n) is 4.99. The van der Waals surface area contributed by atoms with Crippen molar-refractivity contribution in [2.45, 2.75) is 53.5 Å². The van der Waals surface area contributed by atoms with Gasteiger partial charge in [0.2, 0.25) is 0 Å². The number of aromatic nitrogens is 3. The van der Waals surface area contributed by atoms with Gasteiger partial charge in [-0.3, -0.25) is 0 Å². The molecule has 6 heteroatoms. The summed E-state index contributed by atoms with van der Waals surface area (Å²) in [5, 5.41) is 16.3. The number of aryl methyl sites for hydroxylation is 3. The highest BCUT2D eigenvalue weighted by Crippen LogP contribution is 2.21. The van der Waals surface area contributed by atoms with E-state index in [1.807, 2.05) is 25.5 Å². The topological polar surface area (TPSA) is 89.3 Å². The predicted molar refractivity (Wildman–Crippen MR) is 70.6 cm³/mol. The normalized spacial score (nSPS) is 13.0. The Bertz CT molecular complexity index is 422. The summed E-state index contributed by atoms with van der Waals surface area (Å²) in [7, 11) is 0. The second-order valence-corrected chi connectivity index (χ2v) is 4.99. The molecule has 0 aliphatic carbocycles. The molecule has 1 aromatic rings. The molecule has 0 aliphatic heterocycles. The molecule has 0 fully saturated rings. The summed E-state index contributed by atoms with van der Waals surface area (Å²) in [6.07, 6.45) is 2.45. The van der Waals surface area contributed by atoms with Crippen LogP contribution >= 0.6 is 0 Å². The largest absolute Gasteiger partial charge is 0.409 e. The van der Waals surface area contributed by atoms with Crippen molar-refractivity contribution in [3.8, 4) is 0 Å². The molecule has 0 atom stereocenters. The van der Waals surface area contributed by atoms with Crippen molar-refractivity contribution < 1.29 is 5.21 Å². The van der Waals surface area contributed by atoms with Crippen LogP contribution < -0.4 is 5.73 Å². The first-order valence-corrected chi connectivity index (χ1v) is 6.35. The number of hydrogen-bond acceptors (Lipinski definition) is 4. The SMILES string of the molecule is CCc1nc(CC)n(CCC(C)(C)C(N)=NO)n1. The highest BCUT2D eigenvalue weighted by molar-refractivity contribution is 5.85. The zero-order valence-electron chi connectivity index (χ0n) is 11.6. The van der Waals surface area contributed by atoms with Gasteiger partial charge < -0.3 is 10.9 Å². The van der Waals surface area contributed by atoms with Gasteiger partial charge >= 0.3 is 0 Å². The van der Waals surface area contributed by atoms with E-state index >= 15 is 0 Å². The molecule has 0 saturated heterocycles. The smallest absolute Gasteiger partial charge is 0.150 e. The maximum atomic E-state index is 8.74. The third-order valence-corrected chi connectivity index (χ3v) is 3.17. The number of hydrogen-bond donors (Lipinski definition) is 2. The van der Waals surface area contributed by atoms with Gasteiger partial charge in [-0.25, -0.2) is 9.67 Å². The molecule has 1 heterocycles. The minimum absolute atomic E-state index is 0.247. The van der Waals surface area contributed by atoms with Crippen molar-refractivity contribution in [1.82, 2.24) is 14.8 Å². The number of rotatable bonds is 6. The van der Waals surface area contributed by atoms with E-state index in [-0.39, 0.29) is 11.3 Å². The first-order valence-electron chi connectivity index (χ1n) is 6.35. The third-order valence-electron chi connectivity index (χ3n) is 3.17. The minimum atomic E-state index is -0.349. The molecule has 1 aromatic heterocycles. The van der Waals surface area contributed by atoms with Gasteiger partial charge in [0.1, 0.15) is 11.7 Å². The highest BCUT2D eigenvalue weighted by atomic mass is 16.4. The van der Waals surface area contributed by atoms with Crippen LogP contribution in [0.2, 0.25) is 0 Å². The summed E-state index contributed by atoms with van der Waals surface area (Å²) in [5.41, 5.74) is 5.32. The van der Waals surface area contributed by atoms with Crippen molar-refractivity contribution in [2.24, 2.45) is 16.3 Å². The average Bonchev–Trinajstić information content (AvgIpc) is 2.77. The highest BCUT2D eigenvalue weighted by Gasteiger charge is 2.24. The molecule has 18 heavy (non-hydrogen) atoms. The maximum Gasteiger partial charge on any atom is 0.150 e. The fourth-order valence-electron chi connectivity index (χ4n) is 1.67. The van der Waals surface area contributed by atoms with Gasteiger partial charge in [0.25, 0.3) is 0 Å². The Morgan fingerprint density at radius 2 is 2.06 bits per heavy atom. The number of nitrogens with zero attached hydrogens (tertiary/aromatic N) is 4. The van der Waals surface area contributed by atoms with Gasteiger partial charge in [0.15, 0.2) is 5.82 Å². The molecule has 6 nitrogen and oxygen atoms in total. The van der Waals surface area contributed by atoms with Crippen LogP contribution in [0, 0.1) is 5.41 Å². The first-order chi connectivity index (χ1) is 8.44. The van der Waals surface area contributed by atoms with Gasteiger partial charge in [0.05, 0.1) is 0 Å². The van der Waals surface area contributed by atoms with E-state index in [9.17, 15) is 0 Å². The molecule has 102 valence electrons. The van der Waals surface area contributed by atoms with Crippen molar-refractivity contribution in [1.29, 1.82) is 0 Å². The van der Waals surface area contributed by atoms with Gasteiger partial charge in [-0.2, -0.15) is 5.10 Å². The first kappa shape index (κ1) is 14.5. The van der Waals surface area contributed by atoms with Crippen LogP contribution in [-0.2, 0) is 19.4 Å². The monoisotopic (exact) mass is 253 g/mol. The summed E-state index contributed by atoms with van der Waals surface area (Å²) in [4.78, 5) is 4.45. The molecule has 0 radical (unpaired) electrons. The van der Waals surface area contributed by atoms with E-state index in [1.165, 1.54) is 0 Å². The lowest BCUT2D eigenvalue weighted by Gasteiger charge is -2.22. The average molecular weight is 253 g/mol. The molecule has 0 spiro atoms. The van der Waals surface area contributed by atoms with Crippen LogP contribution in [0.3, 0.4) is 0 Å². The van der Waals surface area contributed by atoms with Gasteiger partial charge in [-0.15, -0.1) is 0 Å². The molecular formula is C12H23N5O. The van der Waals surface area contributed by atoms with Crippen LogP contribution in [0.15, 0.2) is 5.16 Å². The summed E-state index contributed by atoms with van der Waals surface area (Å²) < 4.78 is 1.92. The second kappa shape index (κ2) is 5.84. The molecule has 0 aromatic carbocycles. The Morgan fingerprint density at radius 3 is 2.56 bits per heavy atom. The van der Waals surface area contributed by atoms with Crippen molar-refractivity contribution >= 4 is 5.84 Å². The van der Waals surface area contributed by atoms with E-state index in [0.717, 1.165) is 37.5 Å². The maximum absolute atomic E-state index is 8.74. The molecule has 0 saturated carbocycles. The number of amidine groups is 1. The van der Waals surface area contributed by atoms with E-state index in [4.69, 9.17) is 10.9 Å². The Labute approximate surface area is 108 Å². The minimum Gasteiger partial charge on any atom is -0.409 e. The molecule has 1 rings (SSSR count). The Morgan fingerprint density at radius 1 is 1.39 bits per heavy atom. The third kappa shape index (κ3) is 3.21. The van der Waals surface area contributed by atoms with Gasteiger partial charge in [0, 0.05) is 24.8 Å². The quantitative estimate of drug-likeness (QED) is 0.348. The van der Waals surface area contributed by atoms with Crippen LogP contribution in [0.5, 0.6) is 0 Å².